The monoisotopic (exact) mass is 418 g/mol. The number of hydrogen-bond acceptors (Lipinski definition) is 3. The summed E-state index contributed by atoms with van der Waals surface area (Å²) in [7, 11) is 0. The molecule has 2 heterocycles. The number of benzene rings is 2. The van der Waals surface area contributed by atoms with Gasteiger partial charge in [-0.25, -0.2) is 4.39 Å². The molecule has 2 aliphatic rings. The van der Waals surface area contributed by atoms with Gasteiger partial charge in [-0.05, 0) is 49.2 Å². The number of carbonyl (C=O) groups is 2. The number of thioether (sulfide) groups is 1. The Labute approximate surface area is 172 Å². The van der Waals surface area contributed by atoms with Gasteiger partial charge in [-0.1, -0.05) is 23.7 Å². The SMILES string of the molecule is O=C(c1ccccc1Cl)N1CCC2(CC1)SCCN2C(=O)c1ccc(F)cc1. The molecule has 4 nitrogen and oxygen atoms in total. The van der Waals surface area contributed by atoms with Gasteiger partial charge in [-0.3, -0.25) is 9.59 Å². The number of rotatable bonds is 2. The van der Waals surface area contributed by atoms with E-state index in [1.54, 1.807) is 36.0 Å². The van der Waals surface area contributed by atoms with Gasteiger partial charge in [0, 0.05) is 31.0 Å². The maximum absolute atomic E-state index is 13.2. The largest absolute Gasteiger partial charge is 0.338 e. The normalized spacial score (nSPS) is 18.5. The van der Waals surface area contributed by atoms with E-state index in [0.717, 1.165) is 5.75 Å². The first kappa shape index (κ1) is 19.3. The molecule has 2 aromatic rings. The van der Waals surface area contributed by atoms with Crippen molar-refractivity contribution in [2.75, 3.05) is 25.4 Å². The Morgan fingerprint density at radius 3 is 2.32 bits per heavy atom. The van der Waals surface area contributed by atoms with Gasteiger partial charge in [0.1, 0.15) is 5.82 Å². The Kier molecular flexibility index (Phi) is 5.34. The number of carbonyl (C=O) groups excluding carboxylic acids is 2. The number of hydrogen-bond donors (Lipinski definition) is 0. The van der Waals surface area contributed by atoms with Crippen molar-refractivity contribution >= 4 is 35.2 Å². The van der Waals surface area contributed by atoms with E-state index in [-0.39, 0.29) is 22.5 Å². The Bertz CT molecular complexity index is 898. The number of piperidine rings is 1. The molecule has 2 fully saturated rings. The average Bonchev–Trinajstić information content (AvgIpc) is 3.11. The van der Waals surface area contributed by atoms with Crippen LogP contribution in [0.25, 0.3) is 0 Å². The van der Waals surface area contributed by atoms with E-state index in [9.17, 15) is 14.0 Å². The Morgan fingerprint density at radius 2 is 1.64 bits per heavy atom. The highest BCUT2D eigenvalue weighted by Gasteiger charge is 2.47. The Hall–Kier alpha value is -2.05. The summed E-state index contributed by atoms with van der Waals surface area (Å²) in [6.45, 7) is 1.81. The average molecular weight is 419 g/mol. The van der Waals surface area contributed by atoms with Crippen molar-refractivity contribution in [1.29, 1.82) is 0 Å². The molecule has 0 saturated carbocycles. The van der Waals surface area contributed by atoms with Crippen LogP contribution in [0, 0.1) is 5.82 Å². The maximum atomic E-state index is 13.2. The van der Waals surface area contributed by atoms with E-state index in [0.29, 0.717) is 48.6 Å². The molecule has 2 amide bonds. The van der Waals surface area contributed by atoms with Crippen molar-refractivity contribution in [3.05, 3.63) is 70.5 Å². The van der Waals surface area contributed by atoms with Crippen LogP contribution in [-0.4, -0.2) is 51.9 Å². The van der Waals surface area contributed by atoms with Gasteiger partial charge >= 0.3 is 0 Å². The summed E-state index contributed by atoms with van der Waals surface area (Å²) < 4.78 is 13.2. The van der Waals surface area contributed by atoms with Crippen LogP contribution in [0.5, 0.6) is 0 Å². The zero-order valence-electron chi connectivity index (χ0n) is 15.2. The first-order chi connectivity index (χ1) is 13.5. The predicted molar refractivity (Wildman–Crippen MR) is 109 cm³/mol. The second-order valence-electron chi connectivity index (χ2n) is 7.03. The molecular formula is C21H20ClFN2O2S. The zero-order chi connectivity index (χ0) is 19.7. The fourth-order valence-corrected chi connectivity index (χ4v) is 5.59. The summed E-state index contributed by atoms with van der Waals surface area (Å²) in [4.78, 5) is 29.2. The molecule has 0 aromatic heterocycles. The molecule has 2 aromatic carbocycles. The molecular weight excluding hydrogens is 399 g/mol. The summed E-state index contributed by atoms with van der Waals surface area (Å²) in [5.41, 5.74) is 1.01. The van der Waals surface area contributed by atoms with Crippen LogP contribution in [0.1, 0.15) is 33.6 Å². The van der Waals surface area contributed by atoms with Crippen molar-refractivity contribution in [2.45, 2.75) is 17.7 Å². The number of likely N-dealkylation sites (tertiary alicyclic amines) is 1. The minimum atomic E-state index is -0.353. The van der Waals surface area contributed by atoms with Crippen LogP contribution in [-0.2, 0) is 0 Å². The van der Waals surface area contributed by atoms with E-state index >= 15 is 0 Å². The lowest BCUT2D eigenvalue weighted by molar-refractivity contribution is 0.0498. The summed E-state index contributed by atoms with van der Waals surface area (Å²) in [6, 6.07) is 12.8. The molecule has 0 atom stereocenters. The van der Waals surface area contributed by atoms with Crippen molar-refractivity contribution in [3.8, 4) is 0 Å². The summed E-state index contributed by atoms with van der Waals surface area (Å²) in [6.07, 6.45) is 1.42. The number of halogens is 2. The van der Waals surface area contributed by atoms with Crippen LogP contribution in [0.2, 0.25) is 5.02 Å². The molecule has 146 valence electrons. The lowest BCUT2D eigenvalue weighted by Gasteiger charge is -2.44. The molecule has 7 heteroatoms. The summed E-state index contributed by atoms with van der Waals surface area (Å²) in [5.74, 6) is 0.370. The molecule has 2 saturated heterocycles. The summed E-state index contributed by atoms with van der Waals surface area (Å²) in [5, 5.41) is 0.455. The highest BCUT2D eigenvalue weighted by molar-refractivity contribution is 8.00. The third-order valence-corrected chi connectivity index (χ3v) is 7.33. The van der Waals surface area contributed by atoms with Crippen LogP contribution in [0.15, 0.2) is 48.5 Å². The minimum absolute atomic E-state index is 0.0696. The first-order valence-electron chi connectivity index (χ1n) is 9.25. The van der Waals surface area contributed by atoms with Crippen molar-refractivity contribution < 1.29 is 14.0 Å². The lowest BCUT2D eigenvalue weighted by atomic mass is 10.00. The van der Waals surface area contributed by atoms with Crippen LogP contribution in [0.4, 0.5) is 4.39 Å². The van der Waals surface area contributed by atoms with Gasteiger partial charge in [0.2, 0.25) is 0 Å². The first-order valence-corrected chi connectivity index (χ1v) is 10.6. The fraction of sp³-hybridized carbons (Fsp3) is 0.333. The van der Waals surface area contributed by atoms with E-state index in [4.69, 9.17) is 11.6 Å². The van der Waals surface area contributed by atoms with Gasteiger partial charge in [0.15, 0.2) is 0 Å². The molecule has 28 heavy (non-hydrogen) atoms. The van der Waals surface area contributed by atoms with Gasteiger partial charge in [0.25, 0.3) is 11.8 Å². The zero-order valence-corrected chi connectivity index (χ0v) is 16.8. The molecule has 0 aliphatic carbocycles. The standard InChI is InChI=1S/C21H20ClFN2O2S/c22-18-4-2-1-3-17(18)20(27)24-11-9-21(10-12-24)25(13-14-28-21)19(26)15-5-7-16(23)8-6-15/h1-8H,9-14H2. The van der Waals surface area contributed by atoms with E-state index in [2.05, 4.69) is 0 Å². The van der Waals surface area contributed by atoms with Crippen LogP contribution in [0.3, 0.4) is 0 Å². The van der Waals surface area contributed by atoms with E-state index in [1.807, 2.05) is 9.80 Å². The molecule has 0 unspecified atom stereocenters. The minimum Gasteiger partial charge on any atom is -0.338 e. The quantitative estimate of drug-likeness (QED) is 0.730. The van der Waals surface area contributed by atoms with Crippen molar-refractivity contribution in [3.63, 3.8) is 0 Å². The van der Waals surface area contributed by atoms with Gasteiger partial charge < -0.3 is 9.80 Å². The third-order valence-electron chi connectivity index (χ3n) is 5.45. The molecule has 0 N–H and O–H groups in total. The highest BCUT2D eigenvalue weighted by Crippen LogP contribution is 2.44. The topological polar surface area (TPSA) is 40.6 Å². The maximum Gasteiger partial charge on any atom is 0.255 e. The van der Waals surface area contributed by atoms with Gasteiger partial charge in [0.05, 0.1) is 15.5 Å². The van der Waals surface area contributed by atoms with Crippen molar-refractivity contribution in [1.82, 2.24) is 9.80 Å². The molecule has 0 radical (unpaired) electrons. The second kappa shape index (κ2) is 7.76. The van der Waals surface area contributed by atoms with Crippen LogP contribution < -0.4 is 0 Å². The third kappa shape index (κ3) is 3.51. The Morgan fingerprint density at radius 1 is 0.964 bits per heavy atom. The summed E-state index contributed by atoms with van der Waals surface area (Å²) >= 11 is 7.95. The van der Waals surface area contributed by atoms with E-state index in [1.165, 1.54) is 24.3 Å². The van der Waals surface area contributed by atoms with E-state index < -0.39 is 0 Å². The van der Waals surface area contributed by atoms with Gasteiger partial charge in [-0.2, -0.15) is 0 Å². The lowest BCUT2D eigenvalue weighted by Crippen LogP contribution is -2.53. The smallest absolute Gasteiger partial charge is 0.255 e. The highest BCUT2D eigenvalue weighted by atomic mass is 35.5. The number of nitrogens with zero attached hydrogens (tertiary/aromatic N) is 2. The molecule has 4 rings (SSSR count). The number of amides is 2. The predicted octanol–water partition coefficient (Wildman–Crippen LogP) is 4.30. The fourth-order valence-electron chi connectivity index (χ4n) is 3.92. The molecule has 1 spiro atoms. The molecule has 0 bridgehead atoms. The van der Waals surface area contributed by atoms with Crippen molar-refractivity contribution in [2.24, 2.45) is 0 Å². The van der Waals surface area contributed by atoms with Crippen LogP contribution >= 0.6 is 23.4 Å². The molecule has 2 aliphatic heterocycles. The van der Waals surface area contributed by atoms with Gasteiger partial charge in [-0.15, -0.1) is 11.8 Å². The Balaban J connectivity index is 1.48. The second-order valence-corrected chi connectivity index (χ2v) is 8.89.